The number of unbranched alkanes of at least 4 members (excludes halogenated alkanes) is 1. The van der Waals surface area contributed by atoms with Crippen LogP contribution in [0.1, 0.15) is 40.0 Å². The van der Waals surface area contributed by atoms with Crippen LogP contribution in [0.15, 0.2) is 29.2 Å². The predicted molar refractivity (Wildman–Crippen MR) is 91.7 cm³/mol. The summed E-state index contributed by atoms with van der Waals surface area (Å²) in [4.78, 5) is 2.71. The van der Waals surface area contributed by atoms with Crippen molar-refractivity contribution in [3.05, 3.63) is 24.3 Å². The fraction of sp³-hybridized carbons (Fsp3) is 0.647. The highest BCUT2D eigenvalue weighted by atomic mass is 32.2. The molecule has 4 nitrogen and oxygen atoms in total. The lowest BCUT2D eigenvalue weighted by Gasteiger charge is -2.36. The topological polar surface area (TPSA) is 49.4 Å². The third-order valence-corrected chi connectivity index (χ3v) is 5.68. The molecule has 5 heteroatoms. The summed E-state index contributed by atoms with van der Waals surface area (Å²) in [5.74, 6) is 1.37. The number of anilines is 1. The van der Waals surface area contributed by atoms with Crippen molar-refractivity contribution in [3.63, 3.8) is 0 Å². The summed E-state index contributed by atoms with van der Waals surface area (Å²) in [5.41, 5.74) is 1.12. The highest BCUT2D eigenvalue weighted by Crippen LogP contribution is 2.27. The number of benzene rings is 1. The van der Waals surface area contributed by atoms with Crippen LogP contribution in [0.2, 0.25) is 0 Å². The summed E-state index contributed by atoms with van der Waals surface area (Å²) in [6.07, 6.45) is 3.11. The average molecular weight is 324 g/mol. The van der Waals surface area contributed by atoms with Gasteiger partial charge in [0.2, 0.25) is 10.0 Å². The average Bonchev–Trinajstić information content (AvgIpc) is 2.46. The Morgan fingerprint density at radius 2 is 1.73 bits per heavy atom. The smallest absolute Gasteiger partial charge is 0.240 e. The van der Waals surface area contributed by atoms with Crippen molar-refractivity contribution in [1.29, 1.82) is 0 Å². The summed E-state index contributed by atoms with van der Waals surface area (Å²) in [6.45, 7) is 9.19. The van der Waals surface area contributed by atoms with Crippen molar-refractivity contribution >= 4 is 15.7 Å². The second-order valence-electron chi connectivity index (χ2n) is 6.60. The van der Waals surface area contributed by atoms with Crippen LogP contribution >= 0.6 is 0 Å². The molecular formula is C17H28N2O2S. The third-order valence-electron chi connectivity index (χ3n) is 4.20. The van der Waals surface area contributed by atoms with Gasteiger partial charge in [-0.1, -0.05) is 27.2 Å². The summed E-state index contributed by atoms with van der Waals surface area (Å²) >= 11 is 0. The second-order valence-corrected chi connectivity index (χ2v) is 8.36. The van der Waals surface area contributed by atoms with Gasteiger partial charge in [-0.3, -0.25) is 0 Å². The molecule has 0 unspecified atom stereocenters. The zero-order valence-corrected chi connectivity index (χ0v) is 14.7. The van der Waals surface area contributed by atoms with Gasteiger partial charge in [0.05, 0.1) is 4.90 Å². The first kappa shape index (κ1) is 17.3. The Balaban J connectivity index is 2.06. The molecule has 1 saturated heterocycles. The normalized spacial score (nSPS) is 22.8. The van der Waals surface area contributed by atoms with E-state index in [1.54, 1.807) is 12.1 Å². The molecule has 2 rings (SSSR count). The monoisotopic (exact) mass is 324 g/mol. The fourth-order valence-electron chi connectivity index (χ4n) is 3.18. The van der Waals surface area contributed by atoms with Gasteiger partial charge in [-0.05, 0) is 48.9 Å². The van der Waals surface area contributed by atoms with Gasteiger partial charge in [0.25, 0.3) is 0 Å². The molecule has 0 aromatic heterocycles. The molecule has 0 aliphatic carbocycles. The van der Waals surface area contributed by atoms with E-state index in [0.29, 0.717) is 23.3 Å². The molecule has 1 aromatic carbocycles. The summed E-state index contributed by atoms with van der Waals surface area (Å²) in [5, 5.41) is 0. The van der Waals surface area contributed by atoms with Gasteiger partial charge in [0, 0.05) is 25.3 Å². The lowest BCUT2D eigenvalue weighted by atomic mass is 9.91. The largest absolute Gasteiger partial charge is 0.371 e. The minimum absolute atomic E-state index is 0.352. The highest BCUT2D eigenvalue weighted by molar-refractivity contribution is 7.89. The van der Waals surface area contributed by atoms with Crippen LogP contribution in [-0.4, -0.2) is 28.1 Å². The maximum absolute atomic E-state index is 12.2. The first-order valence-corrected chi connectivity index (χ1v) is 9.75. The Bertz CT molecular complexity index is 559. The van der Waals surface area contributed by atoms with E-state index in [1.165, 1.54) is 6.42 Å². The fourth-order valence-corrected chi connectivity index (χ4v) is 4.25. The molecule has 124 valence electrons. The van der Waals surface area contributed by atoms with Gasteiger partial charge in [-0.2, -0.15) is 0 Å². The van der Waals surface area contributed by atoms with E-state index in [9.17, 15) is 8.42 Å². The van der Waals surface area contributed by atoms with Crippen LogP contribution in [0.5, 0.6) is 0 Å². The van der Waals surface area contributed by atoms with Crippen molar-refractivity contribution in [2.45, 2.75) is 44.9 Å². The van der Waals surface area contributed by atoms with Gasteiger partial charge in [-0.15, -0.1) is 0 Å². The highest BCUT2D eigenvalue weighted by Gasteiger charge is 2.22. The molecule has 2 atom stereocenters. The van der Waals surface area contributed by atoms with Gasteiger partial charge in [0.15, 0.2) is 0 Å². The standard InChI is InChI=1S/C17H28N2O2S/c1-4-5-10-18-22(20,21)17-8-6-16(7-9-17)19-12-14(2)11-15(3)13-19/h6-9,14-15,18H,4-5,10-13H2,1-3H3/t14-,15-/m0/s1. The number of piperidine rings is 1. The third kappa shape index (κ3) is 4.46. The number of rotatable bonds is 6. The van der Waals surface area contributed by atoms with E-state index in [-0.39, 0.29) is 0 Å². The minimum Gasteiger partial charge on any atom is -0.371 e. The Labute approximate surface area is 135 Å². The van der Waals surface area contributed by atoms with Crippen LogP contribution in [0.3, 0.4) is 0 Å². The summed E-state index contributed by atoms with van der Waals surface area (Å²) in [6, 6.07) is 7.29. The van der Waals surface area contributed by atoms with Gasteiger partial charge < -0.3 is 4.90 Å². The van der Waals surface area contributed by atoms with E-state index >= 15 is 0 Å². The lowest BCUT2D eigenvalue weighted by Crippen LogP contribution is -2.38. The van der Waals surface area contributed by atoms with E-state index in [4.69, 9.17) is 0 Å². The maximum Gasteiger partial charge on any atom is 0.240 e. The minimum atomic E-state index is -3.37. The summed E-state index contributed by atoms with van der Waals surface area (Å²) < 4.78 is 27.0. The quantitative estimate of drug-likeness (QED) is 0.817. The van der Waals surface area contributed by atoms with Crippen molar-refractivity contribution in [1.82, 2.24) is 4.72 Å². The first-order valence-electron chi connectivity index (χ1n) is 8.27. The molecule has 1 N–H and O–H groups in total. The van der Waals surface area contributed by atoms with Gasteiger partial charge in [0.1, 0.15) is 0 Å². The van der Waals surface area contributed by atoms with Crippen LogP contribution in [0, 0.1) is 11.8 Å². The van der Waals surface area contributed by atoms with Gasteiger partial charge >= 0.3 is 0 Å². The number of hydrogen-bond acceptors (Lipinski definition) is 3. The van der Waals surface area contributed by atoms with Gasteiger partial charge in [-0.25, -0.2) is 13.1 Å². The molecule has 1 aliphatic rings. The van der Waals surface area contributed by atoms with Crippen LogP contribution in [0.25, 0.3) is 0 Å². The lowest BCUT2D eigenvalue weighted by molar-refractivity contribution is 0.357. The molecule has 0 radical (unpaired) electrons. The molecule has 0 spiro atoms. The Morgan fingerprint density at radius 1 is 1.14 bits per heavy atom. The maximum atomic E-state index is 12.2. The van der Waals surface area contributed by atoms with E-state index in [1.807, 2.05) is 19.1 Å². The first-order chi connectivity index (χ1) is 10.4. The zero-order valence-electron chi connectivity index (χ0n) is 13.9. The number of sulfonamides is 1. The summed E-state index contributed by atoms with van der Waals surface area (Å²) in [7, 11) is -3.37. The number of nitrogens with zero attached hydrogens (tertiary/aromatic N) is 1. The molecule has 0 amide bonds. The van der Waals surface area contributed by atoms with Crippen molar-refractivity contribution in [2.75, 3.05) is 24.5 Å². The molecule has 0 bridgehead atoms. The molecule has 1 fully saturated rings. The molecule has 0 saturated carbocycles. The Hall–Kier alpha value is -1.07. The molecule has 1 aromatic rings. The van der Waals surface area contributed by atoms with E-state index in [0.717, 1.165) is 31.6 Å². The second kappa shape index (κ2) is 7.47. The number of nitrogens with one attached hydrogen (secondary N) is 1. The molecular weight excluding hydrogens is 296 g/mol. The van der Waals surface area contributed by atoms with E-state index in [2.05, 4.69) is 23.5 Å². The van der Waals surface area contributed by atoms with Crippen LogP contribution in [-0.2, 0) is 10.0 Å². The van der Waals surface area contributed by atoms with Crippen molar-refractivity contribution < 1.29 is 8.42 Å². The number of hydrogen-bond donors (Lipinski definition) is 1. The van der Waals surface area contributed by atoms with Crippen molar-refractivity contribution in [3.8, 4) is 0 Å². The van der Waals surface area contributed by atoms with Crippen LogP contribution in [0.4, 0.5) is 5.69 Å². The molecule has 1 heterocycles. The SMILES string of the molecule is CCCCNS(=O)(=O)c1ccc(N2C[C@@H](C)C[C@H](C)C2)cc1. The van der Waals surface area contributed by atoms with E-state index < -0.39 is 10.0 Å². The van der Waals surface area contributed by atoms with Crippen LogP contribution < -0.4 is 9.62 Å². The Kier molecular flexibility index (Phi) is 5.87. The predicted octanol–water partition coefficient (Wildman–Crippen LogP) is 3.25. The molecule has 22 heavy (non-hydrogen) atoms. The van der Waals surface area contributed by atoms with Crippen molar-refractivity contribution in [2.24, 2.45) is 11.8 Å². The zero-order chi connectivity index (χ0) is 16.2. The Morgan fingerprint density at radius 3 is 2.27 bits per heavy atom. The molecule has 1 aliphatic heterocycles.